The van der Waals surface area contributed by atoms with Crippen LogP contribution in [0.15, 0.2) is 23.1 Å². The van der Waals surface area contributed by atoms with Crippen LogP contribution in [0.5, 0.6) is 0 Å². The largest absolute Gasteiger partial charge is 0.309 e. The van der Waals surface area contributed by atoms with Crippen molar-refractivity contribution in [1.29, 1.82) is 0 Å². The van der Waals surface area contributed by atoms with Crippen molar-refractivity contribution in [2.24, 2.45) is 5.92 Å². The molecule has 1 saturated heterocycles. The van der Waals surface area contributed by atoms with Gasteiger partial charge in [0, 0.05) is 26.2 Å². The summed E-state index contributed by atoms with van der Waals surface area (Å²) in [5.74, 6) is 0.412. The van der Waals surface area contributed by atoms with Crippen molar-refractivity contribution in [2.75, 3.05) is 26.7 Å². The highest BCUT2D eigenvalue weighted by atomic mass is 32.2. The smallest absolute Gasteiger partial charge is 0.240 e. The molecule has 116 valence electrons. The summed E-state index contributed by atoms with van der Waals surface area (Å²) in [6, 6.07) is 5.42. The Balaban J connectivity index is 1.66. The summed E-state index contributed by atoms with van der Waals surface area (Å²) >= 11 is 0. The Morgan fingerprint density at radius 2 is 2.14 bits per heavy atom. The van der Waals surface area contributed by atoms with Crippen LogP contribution < -0.4 is 10.0 Å². The first-order chi connectivity index (χ1) is 10.0. The third-order valence-corrected chi connectivity index (χ3v) is 5.82. The lowest BCUT2D eigenvalue weighted by Crippen LogP contribution is -2.39. The minimum absolute atomic E-state index is 0.383. The highest BCUT2D eigenvalue weighted by Gasteiger charge is 2.22. The summed E-state index contributed by atoms with van der Waals surface area (Å²) in [5, 5.41) is 3.23. The van der Waals surface area contributed by atoms with E-state index in [-0.39, 0.29) is 0 Å². The lowest BCUT2D eigenvalue weighted by molar-refractivity contribution is 0.211. The second-order valence-corrected chi connectivity index (χ2v) is 7.92. The topological polar surface area (TPSA) is 61.4 Å². The molecule has 3 rings (SSSR count). The number of fused-ring (bicyclic) bond motifs is 1. The van der Waals surface area contributed by atoms with Gasteiger partial charge in [0.1, 0.15) is 0 Å². The Morgan fingerprint density at radius 3 is 2.95 bits per heavy atom. The molecule has 2 aliphatic heterocycles. The van der Waals surface area contributed by atoms with E-state index in [1.165, 1.54) is 5.56 Å². The summed E-state index contributed by atoms with van der Waals surface area (Å²) in [6.07, 6.45) is 2.24. The number of likely N-dealkylation sites (tertiary alicyclic amines) is 1. The molecule has 2 heterocycles. The van der Waals surface area contributed by atoms with Gasteiger partial charge in [0.2, 0.25) is 10.0 Å². The highest BCUT2D eigenvalue weighted by Crippen LogP contribution is 2.20. The SMILES string of the molecule is CN1CCCC(CNS(=O)(=O)c2ccc3c(c2)CNC3)C1. The van der Waals surface area contributed by atoms with E-state index in [0.29, 0.717) is 17.4 Å². The quantitative estimate of drug-likeness (QED) is 0.868. The van der Waals surface area contributed by atoms with Crippen LogP contribution in [0.3, 0.4) is 0 Å². The first-order valence-electron chi connectivity index (χ1n) is 7.55. The highest BCUT2D eigenvalue weighted by molar-refractivity contribution is 7.89. The molecule has 6 heteroatoms. The first-order valence-corrected chi connectivity index (χ1v) is 9.03. The third-order valence-electron chi connectivity index (χ3n) is 4.40. The van der Waals surface area contributed by atoms with Gasteiger partial charge in [0.15, 0.2) is 0 Å². The van der Waals surface area contributed by atoms with E-state index < -0.39 is 10.0 Å². The van der Waals surface area contributed by atoms with Crippen molar-refractivity contribution in [3.8, 4) is 0 Å². The number of nitrogens with zero attached hydrogens (tertiary/aromatic N) is 1. The van der Waals surface area contributed by atoms with Gasteiger partial charge in [-0.25, -0.2) is 13.1 Å². The second kappa shape index (κ2) is 6.04. The van der Waals surface area contributed by atoms with Crippen LogP contribution in [0.1, 0.15) is 24.0 Å². The van der Waals surface area contributed by atoms with Crippen LogP contribution in [0.25, 0.3) is 0 Å². The molecule has 2 N–H and O–H groups in total. The minimum atomic E-state index is -3.40. The van der Waals surface area contributed by atoms with Gasteiger partial charge < -0.3 is 10.2 Å². The normalized spacial score (nSPS) is 23.2. The number of benzene rings is 1. The lowest BCUT2D eigenvalue weighted by Gasteiger charge is -2.29. The van der Waals surface area contributed by atoms with Crippen LogP contribution in [-0.4, -0.2) is 40.0 Å². The van der Waals surface area contributed by atoms with Gasteiger partial charge in [-0.2, -0.15) is 0 Å². The molecule has 21 heavy (non-hydrogen) atoms. The van der Waals surface area contributed by atoms with Crippen LogP contribution in [-0.2, 0) is 23.1 Å². The molecule has 0 radical (unpaired) electrons. The van der Waals surface area contributed by atoms with Crippen LogP contribution >= 0.6 is 0 Å². The fraction of sp³-hybridized carbons (Fsp3) is 0.600. The molecule has 0 aromatic heterocycles. The van der Waals surface area contributed by atoms with E-state index in [1.54, 1.807) is 12.1 Å². The van der Waals surface area contributed by atoms with Gasteiger partial charge in [0.05, 0.1) is 4.90 Å². The lowest BCUT2D eigenvalue weighted by atomic mass is 9.99. The van der Waals surface area contributed by atoms with Crippen LogP contribution in [0.2, 0.25) is 0 Å². The summed E-state index contributed by atoms with van der Waals surface area (Å²) < 4.78 is 27.6. The molecule has 1 unspecified atom stereocenters. The molecule has 0 saturated carbocycles. The van der Waals surface area contributed by atoms with Gasteiger partial charge >= 0.3 is 0 Å². The molecule has 2 aliphatic rings. The van der Waals surface area contributed by atoms with Gasteiger partial charge in [0.25, 0.3) is 0 Å². The first kappa shape index (κ1) is 15.0. The zero-order valence-electron chi connectivity index (χ0n) is 12.4. The number of hydrogen-bond acceptors (Lipinski definition) is 4. The molecule has 0 amide bonds. The predicted octanol–water partition coefficient (Wildman–Crippen LogP) is 0.910. The Hall–Kier alpha value is -0.950. The molecule has 0 aliphatic carbocycles. The van der Waals surface area contributed by atoms with Crippen molar-refractivity contribution in [2.45, 2.75) is 30.8 Å². The summed E-state index contributed by atoms with van der Waals surface area (Å²) in [6.45, 7) is 4.20. The summed E-state index contributed by atoms with van der Waals surface area (Å²) in [4.78, 5) is 2.65. The Morgan fingerprint density at radius 1 is 1.33 bits per heavy atom. The van der Waals surface area contributed by atoms with Crippen molar-refractivity contribution in [3.63, 3.8) is 0 Å². The fourth-order valence-corrected chi connectivity index (χ4v) is 4.36. The second-order valence-electron chi connectivity index (χ2n) is 6.16. The maximum absolute atomic E-state index is 12.4. The minimum Gasteiger partial charge on any atom is -0.309 e. The van der Waals surface area contributed by atoms with Crippen LogP contribution in [0.4, 0.5) is 0 Å². The molecule has 1 aromatic carbocycles. The van der Waals surface area contributed by atoms with Crippen molar-refractivity contribution in [1.82, 2.24) is 14.9 Å². The molecular weight excluding hydrogens is 286 g/mol. The Bertz CT molecular complexity index is 615. The number of nitrogens with one attached hydrogen (secondary N) is 2. The van der Waals surface area contributed by atoms with E-state index >= 15 is 0 Å². The van der Waals surface area contributed by atoms with Gasteiger partial charge in [-0.3, -0.25) is 0 Å². The average Bonchev–Trinajstić information content (AvgIpc) is 2.93. The Labute approximate surface area is 126 Å². The fourth-order valence-electron chi connectivity index (χ4n) is 3.19. The number of rotatable bonds is 4. The standard InChI is InChI=1S/C15H23N3O2S/c1-18-6-2-3-12(11-18)8-17-21(19,20)15-5-4-13-9-16-10-14(13)7-15/h4-5,7,12,16-17H,2-3,6,8-11H2,1H3. The van der Waals surface area contributed by atoms with Gasteiger partial charge in [-0.05, 0) is 55.6 Å². The molecule has 5 nitrogen and oxygen atoms in total. The molecule has 0 spiro atoms. The summed E-state index contributed by atoms with van der Waals surface area (Å²) in [5.41, 5.74) is 2.29. The van der Waals surface area contributed by atoms with Crippen molar-refractivity contribution >= 4 is 10.0 Å². The molecule has 0 bridgehead atoms. The summed E-state index contributed by atoms with van der Waals surface area (Å²) in [7, 11) is -1.30. The van der Waals surface area contributed by atoms with E-state index in [4.69, 9.17) is 0 Å². The molecule has 1 atom stereocenters. The molecule has 1 aromatic rings. The van der Waals surface area contributed by atoms with Crippen molar-refractivity contribution < 1.29 is 8.42 Å². The van der Waals surface area contributed by atoms with Gasteiger partial charge in [-0.15, -0.1) is 0 Å². The maximum atomic E-state index is 12.4. The predicted molar refractivity (Wildman–Crippen MR) is 82.4 cm³/mol. The maximum Gasteiger partial charge on any atom is 0.240 e. The monoisotopic (exact) mass is 309 g/mol. The number of sulfonamides is 1. The van der Waals surface area contributed by atoms with Crippen molar-refractivity contribution in [3.05, 3.63) is 29.3 Å². The zero-order valence-corrected chi connectivity index (χ0v) is 13.2. The Kier molecular flexibility index (Phi) is 4.31. The number of hydrogen-bond donors (Lipinski definition) is 2. The van der Waals surface area contributed by atoms with E-state index in [1.807, 2.05) is 6.07 Å². The molecular formula is C15H23N3O2S. The average molecular weight is 309 g/mol. The van der Waals surface area contributed by atoms with E-state index in [0.717, 1.165) is 44.6 Å². The van der Waals surface area contributed by atoms with Gasteiger partial charge in [-0.1, -0.05) is 6.07 Å². The van der Waals surface area contributed by atoms with E-state index in [2.05, 4.69) is 22.0 Å². The third kappa shape index (κ3) is 3.45. The van der Waals surface area contributed by atoms with E-state index in [9.17, 15) is 8.42 Å². The number of piperidine rings is 1. The molecule has 1 fully saturated rings. The van der Waals surface area contributed by atoms with Crippen LogP contribution in [0, 0.1) is 5.92 Å². The zero-order chi connectivity index (χ0) is 14.9.